The topological polar surface area (TPSA) is 69.6 Å². The molecule has 2 N–H and O–H groups in total. The molecule has 0 radical (unpaired) electrons. The molecular weight excluding hydrogens is 202 g/mol. The van der Waals surface area contributed by atoms with Crippen LogP contribution in [0.25, 0.3) is 0 Å². The van der Waals surface area contributed by atoms with E-state index in [0.717, 1.165) is 18.7 Å². The highest BCUT2D eigenvalue weighted by Crippen LogP contribution is 2.15. The van der Waals surface area contributed by atoms with Crippen molar-refractivity contribution in [2.75, 3.05) is 0 Å². The highest BCUT2D eigenvalue weighted by molar-refractivity contribution is 5.15. The Bertz CT molecular complexity index is 437. The molecule has 0 fully saturated rings. The summed E-state index contributed by atoms with van der Waals surface area (Å²) in [5.74, 6) is 0.625. The first-order valence-electron chi connectivity index (χ1n) is 5.37. The first-order chi connectivity index (χ1) is 7.83. The molecule has 0 aliphatic rings. The van der Waals surface area contributed by atoms with Gasteiger partial charge in [-0.1, -0.05) is 6.92 Å². The van der Waals surface area contributed by atoms with E-state index in [-0.39, 0.29) is 6.04 Å². The van der Waals surface area contributed by atoms with Crippen LogP contribution in [0.3, 0.4) is 0 Å². The monoisotopic (exact) mass is 217 g/mol. The van der Waals surface area contributed by atoms with Gasteiger partial charge in [0.25, 0.3) is 0 Å². The SMILES string of the molecule is CCCn1nccc1C(N)c1ncccn1. The minimum absolute atomic E-state index is 0.310. The Balaban J connectivity index is 2.27. The largest absolute Gasteiger partial charge is 0.316 e. The van der Waals surface area contributed by atoms with Crippen LogP contribution in [-0.2, 0) is 6.54 Å². The lowest BCUT2D eigenvalue weighted by Gasteiger charge is -2.12. The van der Waals surface area contributed by atoms with Crippen molar-refractivity contribution in [3.05, 3.63) is 42.2 Å². The molecule has 0 aromatic carbocycles. The fourth-order valence-corrected chi connectivity index (χ4v) is 1.61. The van der Waals surface area contributed by atoms with Gasteiger partial charge in [-0.15, -0.1) is 0 Å². The quantitative estimate of drug-likeness (QED) is 0.833. The molecule has 16 heavy (non-hydrogen) atoms. The van der Waals surface area contributed by atoms with Crippen molar-refractivity contribution in [2.45, 2.75) is 25.9 Å². The van der Waals surface area contributed by atoms with E-state index in [9.17, 15) is 0 Å². The van der Waals surface area contributed by atoms with Crippen LogP contribution in [0.2, 0.25) is 0 Å². The van der Waals surface area contributed by atoms with Crippen LogP contribution < -0.4 is 5.73 Å². The Labute approximate surface area is 94.3 Å². The fourth-order valence-electron chi connectivity index (χ4n) is 1.61. The van der Waals surface area contributed by atoms with Gasteiger partial charge < -0.3 is 5.73 Å². The molecule has 0 spiro atoms. The van der Waals surface area contributed by atoms with Gasteiger partial charge in [0.1, 0.15) is 6.04 Å². The van der Waals surface area contributed by atoms with Gasteiger partial charge >= 0.3 is 0 Å². The molecule has 0 saturated heterocycles. The summed E-state index contributed by atoms with van der Waals surface area (Å²) in [5, 5.41) is 4.23. The molecule has 1 atom stereocenters. The number of nitrogens with two attached hydrogens (primary N) is 1. The zero-order valence-corrected chi connectivity index (χ0v) is 9.24. The predicted octanol–water partition coefficient (Wildman–Crippen LogP) is 1.13. The summed E-state index contributed by atoms with van der Waals surface area (Å²) in [4.78, 5) is 8.32. The maximum Gasteiger partial charge on any atom is 0.150 e. The minimum Gasteiger partial charge on any atom is -0.316 e. The van der Waals surface area contributed by atoms with E-state index < -0.39 is 0 Å². The Morgan fingerprint density at radius 2 is 2.06 bits per heavy atom. The second-order valence-electron chi connectivity index (χ2n) is 3.56. The summed E-state index contributed by atoms with van der Waals surface area (Å²) in [6.07, 6.45) is 6.18. The molecule has 0 aliphatic carbocycles. The molecule has 0 aliphatic heterocycles. The molecule has 84 valence electrons. The number of aryl methyl sites for hydroxylation is 1. The van der Waals surface area contributed by atoms with E-state index in [4.69, 9.17) is 5.73 Å². The Kier molecular flexibility index (Phi) is 3.26. The molecule has 2 aromatic heterocycles. The van der Waals surface area contributed by atoms with Gasteiger partial charge in [0.15, 0.2) is 5.82 Å². The zero-order valence-electron chi connectivity index (χ0n) is 9.24. The smallest absolute Gasteiger partial charge is 0.150 e. The normalized spacial score (nSPS) is 12.6. The average molecular weight is 217 g/mol. The van der Waals surface area contributed by atoms with Crippen molar-refractivity contribution in [3.8, 4) is 0 Å². The molecule has 2 heterocycles. The van der Waals surface area contributed by atoms with E-state index >= 15 is 0 Å². The first kappa shape index (κ1) is 10.8. The second-order valence-corrected chi connectivity index (χ2v) is 3.56. The predicted molar refractivity (Wildman–Crippen MR) is 60.6 cm³/mol. The van der Waals surface area contributed by atoms with E-state index in [1.807, 2.05) is 10.7 Å². The van der Waals surface area contributed by atoms with Crippen LogP contribution in [0.15, 0.2) is 30.7 Å². The van der Waals surface area contributed by atoms with Crippen LogP contribution >= 0.6 is 0 Å². The molecule has 1 unspecified atom stereocenters. The summed E-state index contributed by atoms with van der Waals surface area (Å²) in [6.45, 7) is 2.97. The average Bonchev–Trinajstić information content (AvgIpc) is 2.78. The van der Waals surface area contributed by atoms with Gasteiger partial charge in [-0.2, -0.15) is 5.10 Å². The fraction of sp³-hybridized carbons (Fsp3) is 0.364. The lowest BCUT2D eigenvalue weighted by Crippen LogP contribution is -2.19. The summed E-state index contributed by atoms with van der Waals surface area (Å²) < 4.78 is 1.90. The molecule has 2 rings (SSSR count). The van der Waals surface area contributed by atoms with Crippen molar-refractivity contribution in [3.63, 3.8) is 0 Å². The van der Waals surface area contributed by atoms with Crippen LogP contribution in [-0.4, -0.2) is 19.7 Å². The molecule has 0 saturated carbocycles. The summed E-state index contributed by atoms with van der Waals surface area (Å²) >= 11 is 0. The van der Waals surface area contributed by atoms with Crippen molar-refractivity contribution in [2.24, 2.45) is 5.73 Å². The van der Waals surface area contributed by atoms with Gasteiger partial charge in [0, 0.05) is 25.1 Å². The Morgan fingerprint density at radius 3 is 2.75 bits per heavy atom. The van der Waals surface area contributed by atoms with Crippen molar-refractivity contribution >= 4 is 0 Å². The molecule has 5 nitrogen and oxygen atoms in total. The molecule has 2 aromatic rings. The van der Waals surface area contributed by atoms with Crippen LogP contribution in [0, 0.1) is 0 Å². The van der Waals surface area contributed by atoms with Crippen molar-refractivity contribution in [1.82, 2.24) is 19.7 Å². The molecule has 0 amide bonds. The summed E-state index contributed by atoms with van der Waals surface area (Å²) in [6, 6.07) is 3.38. The van der Waals surface area contributed by atoms with E-state index in [1.54, 1.807) is 24.7 Å². The van der Waals surface area contributed by atoms with Gasteiger partial charge in [-0.25, -0.2) is 9.97 Å². The summed E-state index contributed by atoms with van der Waals surface area (Å²) in [7, 11) is 0. The third-order valence-corrected chi connectivity index (χ3v) is 2.37. The number of rotatable bonds is 4. The standard InChI is InChI=1S/C11H15N5/c1-2-8-16-9(4-7-15-16)10(12)11-13-5-3-6-14-11/h3-7,10H,2,8,12H2,1H3. The van der Waals surface area contributed by atoms with Crippen molar-refractivity contribution in [1.29, 1.82) is 0 Å². The molecule has 0 bridgehead atoms. The third-order valence-electron chi connectivity index (χ3n) is 2.37. The van der Waals surface area contributed by atoms with Crippen LogP contribution in [0.1, 0.15) is 30.9 Å². The highest BCUT2D eigenvalue weighted by atomic mass is 15.3. The van der Waals surface area contributed by atoms with E-state index in [2.05, 4.69) is 22.0 Å². The maximum absolute atomic E-state index is 6.11. The molecular formula is C11H15N5. The van der Waals surface area contributed by atoms with Gasteiger partial charge in [-0.3, -0.25) is 4.68 Å². The zero-order chi connectivity index (χ0) is 11.4. The van der Waals surface area contributed by atoms with E-state index in [0.29, 0.717) is 5.82 Å². The molecule has 5 heteroatoms. The number of nitrogens with zero attached hydrogens (tertiary/aromatic N) is 4. The third kappa shape index (κ3) is 2.09. The van der Waals surface area contributed by atoms with Gasteiger partial charge in [-0.05, 0) is 18.6 Å². The number of aromatic nitrogens is 4. The lowest BCUT2D eigenvalue weighted by atomic mass is 10.2. The summed E-state index contributed by atoms with van der Waals surface area (Å²) in [5.41, 5.74) is 7.06. The Morgan fingerprint density at radius 1 is 1.31 bits per heavy atom. The number of hydrogen-bond acceptors (Lipinski definition) is 4. The lowest BCUT2D eigenvalue weighted by molar-refractivity contribution is 0.553. The van der Waals surface area contributed by atoms with Crippen LogP contribution in [0.4, 0.5) is 0 Å². The highest BCUT2D eigenvalue weighted by Gasteiger charge is 2.15. The van der Waals surface area contributed by atoms with Gasteiger partial charge in [0.2, 0.25) is 0 Å². The minimum atomic E-state index is -0.310. The van der Waals surface area contributed by atoms with Gasteiger partial charge in [0.05, 0.1) is 5.69 Å². The van der Waals surface area contributed by atoms with E-state index in [1.165, 1.54) is 0 Å². The Hall–Kier alpha value is -1.75. The number of hydrogen-bond donors (Lipinski definition) is 1. The first-order valence-corrected chi connectivity index (χ1v) is 5.37. The second kappa shape index (κ2) is 4.85. The van der Waals surface area contributed by atoms with Crippen LogP contribution in [0.5, 0.6) is 0 Å². The van der Waals surface area contributed by atoms with Crippen molar-refractivity contribution < 1.29 is 0 Å². The maximum atomic E-state index is 6.11.